The third-order valence-corrected chi connectivity index (χ3v) is 7.64. The molecule has 1 saturated heterocycles. The van der Waals surface area contributed by atoms with Gasteiger partial charge in [-0.05, 0) is 67.7 Å². The molecule has 0 bridgehead atoms. The second kappa shape index (κ2) is 10.5. The van der Waals surface area contributed by atoms with E-state index in [1.165, 1.54) is 12.1 Å². The first-order chi connectivity index (χ1) is 20.1. The molecule has 10 heteroatoms. The molecule has 1 amide bonds. The van der Waals surface area contributed by atoms with Gasteiger partial charge in [0.15, 0.2) is 5.65 Å². The lowest BCUT2D eigenvalue weighted by Gasteiger charge is -2.21. The first-order valence-corrected chi connectivity index (χ1v) is 13.6. The first kappa shape index (κ1) is 25.0. The number of carbonyl (C=O) groups is 1. The zero-order chi connectivity index (χ0) is 27.8. The van der Waals surface area contributed by atoms with E-state index in [9.17, 15) is 9.18 Å². The zero-order valence-corrected chi connectivity index (χ0v) is 22.1. The van der Waals surface area contributed by atoms with Gasteiger partial charge in [0.25, 0.3) is 0 Å². The molecule has 5 aromatic heterocycles. The molecule has 0 spiro atoms. The van der Waals surface area contributed by atoms with Crippen LogP contribution in [0, 0.1) is 11.7 Å². The van der Waals surface area contributed by atoms with Gasteiger partial charge in [0, 0.05) is 52.5 Å². The maximum Gasteiger partial charge on any atom is 0.224 e. The predicted molar refractivity (Wildman–Crippen MR) is 156 cm³/mol. The molecule has 9 nitrogen and oxygen atoms in total. The molecule has 7 rings (SSSR count). The van der Waals surface area contributed by atoms with Crippen molar-refractivity contribution in [3.05, 3.63) is 79.3 Å². The molecule has 204 valence electrons. The van der Waals surface area contributed by atoms with Crippen LogP contribution in [-0.4, -0.2) is 49.1 Å². The fourth-order valence-electron chi connectivity index (χ4n) is 5.56. The number of aromatic nitrogens is 6. The maximum atomic E-state index is 13.9. The fourth-order valence-corrected chi connectivity index (χ4v) is 5.56. The Morgan fingerprint density at radius 3 is 2.66 bits per heavy atom. The Balaban J connectivity index is 1.19. The van der Waals surface area contributed by atoms with Gasteiger partial charge < -0.3 is 15.6 Å². The number of hydrogen-bond donors (Lipinski definition) is 4. The summed E-state index contributed by atoms with van der Waals surface area (Å²) in [5.41, 5.74) is 6.86. The molecule has 0 unspecified atom stereocenters. The average Bonchev–Trinajstić information content (AvgIpc) is 3.61. The Kier molecular flexibility index (Phi) is 6.44. The number of nitrogens with zero attached hydrogens (tertiary/aromatic N) is 4. The number of anilines is 1. The van der Waals surface area contributed by atoms with Crippen molar-refractivity contribution in [2.75, 3.05) is 18.4 Å². The minimum absolute atomic E-state index is 0.00691. The molecule has 6 aromatic rings. The van der Waals surface area contributed by atoms with Crippen LogP contribution < -0.4 is 10.6 Å². The number of fused-ring (bicyclic) bond motifs is 2. The van der Waals surface area contributed by atoms with E-state index < -0.39 is 0 Å². The van der Waals surface area contributed by atoms with Crippen LogP contribution in [0.2, 0.25) is 0 Å². The minimum Gasteiger partial charge on any atom is -0.352 e. The average molecular weight is 547 g/mol. The van der Waals surface area contributed by atoms with Gasteiger partial charge in [-0.15, -0.1) is 0 Å². The van der Waals surface area contributed by atoms with Crippen LogP contribution in [-0.2, 0) is 4.79 Å². The Morgan fingerprint density at radius 1 is 0.927 bits per heavy atom. The number of piperidine rings is 1. The molecular weight excluding hydrogens is 519 g/mol. The van der Waals surface area contributed by atoms with Crippen molar-refractivity contribution in [2.24, 2.45) is 5.92 Å². The van der Waals surface area contributed by atoms with E-state index in [4.69, 9.17) is 0 Å². The number of amides is 1. The zero-order valence-electron chi connectivity index (χ0n) is 22.1. The minimum atomic E-state index is -0.299. The van der Waals surface area contributed by atoms with Crippen LogP contribution in [0.15, 0.2) is 73.4 Å². The molecule has 0 saturated carbocycles. The van der Waals surface area contributed by atoms with Gasteiger partial charge in [-0.25, -0.2) is 9.37 Å². The van der Waals surface area contributed by atoms with Crippen molar-refractivity contribution >= 4 is 33.5 Å². The van der Waals surface area contributed by atoms with Gasteiger partial charge >= 0.3 is 0 Å². The van der Waals surface area contributed by atoms with Crippen LogP contribution in [0.3, 0.4) is 0 Å². The number of rotatable bonds is 6. The highest BCUT2D eigenvalue weighted by Crippen LogP contribution is 2.34. The van der Waals surface area contributed by atoms with Gasteiger partial charge in [0.05, 0.1) is 29.3 Å². The van der Waals surface area contributed by atoms with Gasteiger partial charge in [0.2, 0.25) is 5.91 Å². The van der Waals surface area contributed by atoms with E-state index >= 15 is 0 Å². The fraction of sp³-hybridized carbons (Fsp3) is 0.194. The Morgan fingerprint density at radius 2 is 1.78 bits per heavy atom. The highest BCUT2D eigenvalue weighted by molar-refractivity contribution is 6.00. The van der Waals surface area contributed by atoms with Crippen LogP contribution in [0.25, 0.3) is 55.6 Å². The Labute approximate surface area is 234 Å². The van der Waals surface area contributed by atoms with Crippen molar-refractivity contribution in [1.29, 1.82) is 0 Å². The molecule has 0 atom stereocenters. The molecule has 4 N–H and O–H groups in total. The summed E-state index contributed by atoms with van der Waals surface area (Å²) in [6.07, 6.45) is 11.2. The number of pyridine rings is 3. The Hall–Kier alpha value is -4.96. The molecule has 1 aromatic carbocycles. The summed E-state index contributed by atoms with van der Waals surface area (Å²) in [6.45, 7) is 1.92. The normalized spacial score (nSPS) is 14.1. The number of aromatic amines is 2. The summed E-state index contributed by atoms with van der Waals surface area (Å²) in [5, 5.41) is 15.7. The van der Waals surface area contributed by atoms with Crippen LogP contribution in [0.1, 0.15) is 19.3 Å². The lowest BCUT2D eigenvalue weighted by molar-refractivity contribution is -0.117. The summed E-state index contributed by atoms with van der Waals surface area (Å²) >= 11 is 0. The van der Waals surface area contributed by atoms with E-state index in [2.05, 4.69) is 40.8 Å². The molecule has 1 aliphatic rings. The molecule has 41 heavy (non-hydrogen) atoms. The second-order valence-corrected chi connectivity index (χ2v) is 10.4. The van der Waals surface area contributed by atoms with E-state index in [1.807, 2.05) is 24.3 Å². The van der Waals surface area contributed by atoms with Crippen molar-refractivity contribution in [3.8, 4) is 33.6 Å². The summed E-state index contributed by atoms with van der Waals surface area (Å²) in [5.74, 6) is 0.114. The smallest absolute Gasteiger partial charge is 0.224 e. The summed E-state index contributed by atoms with van der Waals surface area (Å²) in [4.78, 5) is 29.4. The van der Waals surface area contributed by atoms with E-state index in [0.29, 0.717) is 29.4 Å². The third-order valence-electron chi connectivity index (χ3n) is 7.64. The van der Waals surface area contributed by atoms with Crippen molar-refractivity contribution in [2.45, 2.75) is 19.3 Å². The standard InChI is InChI=1S/C31H27FN8O/c32-22-3-1-2-19(9-22)26-16-35-17-28-24(26)12-27(38-28)30-25-11-21(14-36-31(25)40-39-30)20-10-23(15-34-13-20)37-29(41)8-18-4-6-33-7-5-18/h1-3,9-18,33,38H,4-8H2,(H,37,41)(H,36,39,40). The summed E-state index contributed by atoms with van der Waals surface area (Å²) in [6, 6.07) is 12.4. The van der Waals surface area contributed by atoms with Crippen LogP contribution in [0.4, 0.5) is 10.1 Å². The Bertz CT molecular complexity index is 1890. The van der Waals surface area contributed by atoms with Gasteiger partial charge in [-0.3, -0.25) is 19.9 Å². The SMILES string of the molecule is O=C(CC1CCNCC1)Nc1cncc(-c2cnc3[nH]nc(-c4cc5c(-c6cccc(F)c6)cncc5[nH]4)c3c2)c1. The highest BCUT2D eigenvalue weighted by Gasteiger charge is 2.18. The van der Waals surface area contributed by atoms with Crippen LogP contribution in [0.5, 0.6) is 0 Å². The molecule has 0 radical (unpaired) electrons. The molecular formula is C31H27FN8O. The number of hydrogen-bond acceptors (Lipinski definition) is 6. The van der Waals surface area contributed by atoms with Crippen molar-refractivity contribution in [3.63, 3.8) is 0 Å². The second-order valence-electron chi connectivity index (χ2n) is 10.4. The predicted octanol–water partition coefficient (Wildman–Crippen LogP) is 5.70. The van der Waals surface area contributed by atoms with Gasteiger partial charge in [-0.1, -0.05) is 12.1 Å². The topological polar surface area (TPSA) is 124 Å². The monoisotopic (exact) mass is 546 g/mol. The summed E-state index contributed by atoms with van der Waals surface area (Å²) < 4.78 is 13.9. The molecule has 1 aliphatic heterocycles. The number of H-pyrrole nitrogens is 2. The number of benzene rings is 1. The van der Waals surface area contributed by atoms with Crippen molar-refractivity contribution < 1.29 is 9.18 Å². The molecule has 1 fully saturated rings. The van der Waals surface area contributed by atoms with E-state index in [-0.39, 0.29) is 11.7 Å². The lowest BCUT2D eigenvalue weighted by atomic mass is 9.94. The number of nitrogens with one attached hydrogen (secondary N) is 4. The third kappa shape index (κ3) is 5.05. The molecule has 0 aliphatic carbocycles. The highest BCUT2D eigenvalue weighted by atomic mass is 19.1. The largest absolute Gasteiger partial charge is 0.352 e. The van der Waals surface area contributed by atoms with Crippen molar-refractivity contribution in [1.82, 2.24) is 35.5 Å². The lowest BCUT2D eigenvalue weighted by Crippen LogP contribution is -2.30. The van der Waals surface area contributed by atoms with Gasteiger partial charge in [0.1, 0.15) is 11.5 Å². The maximum absolute atomic E-state index is 13.9. The first-order valence-electron chi connectivity index (χ1n) is 13.6. The summed E-state index contributed by atoms with van der Waals surface area (Å²) in [7, 11) is 0. The van der Waals surface area contributed by atoms with Crippen LogP contribution >= 0.6 is 0 Å². The van der Waals surface area contributed by atoms with E-state index in [0.717, 1.165) is 70.2 Å². The van der Waals surface area contributed by atoms with E-state index in [1.54, 1.807) is 37.1 Å². The number of halogens is 1. The van der Waals surface area contributed by atoms with Gasteiger partial charge in [-0.2, -0.15) is 5.10 Å². The molecule has 6 heterocycles. The quantitative estimate of drug-likeness (QED) is 0.213. The number of carbonyl (C=O) groups excluding carboxylic acids is 1.